The molecule has 0 aromatic carbocycles. The third kappa shape index (κ3) is 3.14. The molecule has 16 heavy (non-hydrogen) atoms. The maximum absolute atomic E-state index is 11.9. The fraction of sp³-hybridized carbons (Fsp3) is 0.538. The molecule has 0 saturated carbocycles. The van der Waals surface area contributed by atoms with E-state index in [-0.39, 0.29) is 5.92 Å². The van der Waals surface area contributed by atoms with Crippen LogP contribution in [-0.4, -0.2) is 23.9 Å². The molecule has 3 nitrogen and oxygen atoms in total. The van der Waals surface area contributed by atoms with Gasteiger partial charge in [-0.1, -0.05) is 6.07 Å². The molecule has 1 fully saturated rings. The average molecular weight is 218 g/mol. The second-order valence-electron chi connectivity index (χ2n) is 4.35. The van der Waals surface area contributed by atoms with Gasteiger partial charge in [-0.25, -0.2) is 0 Å². The predicted molar refractivity (Wildman–Crippen MR) is 63.2 cm³/mol. The SMILES string of the molecule is O=C(CCc1cccnc1)C1CCNCC1. The van der Waals surface area contributed by atoms with Crippen LogP contribution in [-0.2, 0) is 11.2 Å². The van der Waals surface area contributed by atoms with E-state index in [1.54, 1.807) is 6.20 Å². The number of ketones is 1. The van der Waals surface area contributed by atoms with Gasteiger partial charge >= 0.3 is 0 Å². The highest BCUT2D eigenvalue weighted by Gasteiger charge is 2.20. The van der Waals surface area contributed by atoms with E-state index < -0.39 is 0 Å². The van der Waals surface area contributed by atoms with Gasteiger partial charge in [0.05, 0.1) is 0 Å². The Balaban J connectivity index is 1.79. The maximum Gasteiger partial charge on any atom is 0.136 e. The molecule has 0 spiro atoms. The molecule has 1 aliphatic heterocycles. The molecule has 1 N–H and O–H groups in total. The van der Waals surface area contributed by atoms with Crippen LogP contribution in [0.1, 0.15) is 24.8 Å². The number of piperidine rings is 1. The first-order chi connectivity index (χ1) is 7.86. The summed E-state index contributed by atoms with van der Waals surface area (Å²) in [6, 6.07) is 3.95. The zero-order valence-electron chi connectivity index (χ0n) is 9.48. The smallest absolute Gasteiger partial charge is 0.136 e. The molecule has 0 bridgehead atoms. The van der Waals surface area contributed by atoms with Crippen LogP contribution < -0.4 is 5.32 Å². The molecule has 2 heterocycles. The lowest BCUT2D eigenvalue weighted by Crippen LogP contribution is -2.31. The number of hydrogen-bond acceptors (Lipinski definition) is 3. The first-order valence-electron chi connectivity index (χ1n) is 5.98. The van der Waals surface area contributed by atoms with Crippen LogP contribution in [0.4, 0.5) is 0 Å². The summed E-state index contributed by atoms with van der Waals surface area (Å²) in [7, 11) is 0. The molecule has 3 heteroatoms. The van der Waals surface area contributed by atoms with Crippen LogP contribution in [0.5, 0.6) is 0 Å². The summed E-state index contributed by atoms with van der Waals surface area (Å²) >= 11 is 0. The lowest BCUT2D eigenvalue weighted by atomic mass is 9.90. The topological polar surface area (TPSA) is 42.0 Å². The number of nitrogens with one attached hydrogen (secondary N) is 1. The third-order valence-corrected chi connectivity index (χ3v) is 3.18. The number of nitrogens with zero attached hydrogens (tertiary/aromatic N) is 1. The lowest BCUT2D eigenvalue weighted by molar-refractivity contribution is -0.123. The summed E-state index contributed by atoms with van der Waals surface area (Å²) in [4.78, 5) is 16.0. The average Bonchev–Trinajstić information content (AvgIpc) is 2.38. The molecular weight excluding hydrogens is 200 g/mol. The van der Waals surface area contributed by atoms with E-state index >= 15 is 0 Å². The van der Waals surface area contributed by atoms with Gasteiger partial charge in [0.15, 0.2) is 0 Å². The molecule has 86 valence electrons. The van der Waals surface area contributed by atoms with E-state index in [1.807, 2.05) is 18.3 Å². The fourth-order valence-corrected chi connectivity index (χ4v) is 2.16. The highest BCUT2D eigenvalue weighted by Crippen LogP contribution is 2.15. The van der Waals surface area contributed by atoms with Crippen LogP contribution in [0.2, 0.25) is 0 Å². The zero-order chi connectivity index (χ0) is 11.2. The van der Waals surface area contributed by atoms with E-state index in [2.05, 4.69) is 10.3 Å². The molecule has 1 aliphatic rings. The number of carbonyl (C=O) groups is 1. The molecule has 0 unspecified atom stereocenters. The van der Waals surface area contributed by atoms with Gasteiger partial charge in [-0.2, -0.15) is 0 Å². The van der Waals surface area contributed by atoms with Gasteiger partial charge in [0.2, 0.25) is 0 Å². The Kier molecular flexibility index (Phi) is 4.05. The number of aryl methyl sites for hydroxylation is 1. The number of pyridine rings is 1. The number of Topliss-reactive ketones (excluding diaryl/α,β-unsaturated/α-hetero) is 1. The van der Waals surface area contributed by atoms with Crippen LogP contribution in [0.3, 0.4) is 0 Å². The van der Waals surface area contributed by atoms with Crippen LogP contribution in [0.15, 0.2) is 24.5 Å². The highest BCUT2D eigenvalue weighted by molar-refractivity contribution is 5.81. The molecule has 2 rings (SSSR count). The minimum absolute atomic E-state index is 0.290. The Morgan fingerprint density at radius 1 is 1.44 bits per heavy atom. The van der Waals surface area contributed by atoms with Crippen molar-refractivity contribution in [1.29, 1.82) is 0 Å². The minimum atomic E-state index is 0.290. The first kappa shape index (κ1) is 11.3. The normalized spacial score (nSPS) is 17.2. The van der Waals surface area contributed by atoms with Crippen molar-refractivity contribution in [3.63, 3.8) is 0 Å². The molecule has 0 amide bonds. The lowest BCUT2D eigenvalue weighted by Gasteiger charge is -2.21. The van der Waals surface area contributed by atoms with E-state index in [4.69, 9.17) is 0 Å². The van der Waals surface area contributed by atoms with Gasteiger partial charge < -0.3 is 5.32 Å². The summed E-state index contributed by atoms with van der Waals surface area (Å²) in [5.74, 6) is 0.711. The van der Waals surface area contributed by atoms with Crippen molar-refractivity contribution in [3.8, 4) is 0 Å². The van der Waals surface area contributed by atoms with Gasteiger partial charge in [-0.05, 0) is 44.0 Å². The van der Waals surface area contributed by atoms with Gasteiger partial charge in [-0.15, -0.1) is 0 Å². The number of hydrogen-bond donors (Lipinski definition) is 1. The van der Waals surface area contributed by atoms with Crippen LogP contribution in [0.25, 0.3) is 0 Å². The molecule has 0 atom stereocenters. The van der Waals surface area contributed by atoms with Gasteiger partial charge in [0.25, 0.3) is 0 Å². The standard InChI is InChI=1S/C13H18N2O/c16-13(12-5-8-14-9-6-12)4-3-11-2-1-7-15-10-11/h1-2,7,10,12,14H,3-6,8-9H2. The second-order valence-corrected chi connectivity index (χ2v) is 4.35. The van der Waals surface area contributed by atoms with E-state index in [0.29, 0.717) is 12.2 Å². The largest absolute Gasteiger partial charge is 0.317 e. The summed E-state index contributed by atoms with van der Waals surface area (Å²) in [6.07, 6.45) is 7.11. The number of aromatic nitrogens is 1. The monoisotopic (exact) mass is 218 g/mol. The quantitative estimate of drug-likeness (QED) is 0.834. The summed E-state index contributed by atoms with van der Waals surface area (Å²) in [5, 5.41) is 3.28. The Morgan fingerprint density at radius 2 is 2.25 bits per heavy atom. The van der Waals surface area contributed by atoms with E-state index in [9.17, 15) is 4.79 Å². The summed E-state index contributed by atoms with van der Waals surface area (Å²) in [6.45, 7) is 1.98. The Morgan fingerprint density at radius 3 is 2.94 bits per heavy atom. The summed E-state index contributed by atoms with van der Waals surface area (Å²) in [5.41, 5.74) is 1.16. The summed E-state index contributed by atoms with van der Waals surface area (Å²) < 4.78 is 0. The number of carbonyl (C=O) groups excluding carboxylic acids is 1. The molecule has 0 aliphatic carbocycles. The molecule has 1 saturated heterocycles. The molecule has 1 aromatic rings. The van der Waals surface area contributed by atoms with Crippen molar-refractivity contribution in [2.24, 2.45) is 5.92 Å². The van der Waals surface area contributed by atoms with Crippen molar-refractivity contribution in [1.82, 2.24) is 10.3 Å². The zero-order valence-corrected chi connectivity index (χ0v) is 9.48. The van der Waals surface area contributed by atoms with Gasteiger partial charge in [0.1, 0.15) is 5.78 Å². The van der Waals surface area contributed by atoms with Crippen molar-refractivity contribution in [3.05, 3.63) is 30.1 Å². The second kappa shape index (κ2) is 5.75. The maximum atomic E-state index is 11.9. The van der Waals surface area contributed by atoms with Crippen LogP contribution >= 0.6 is 0 Å². The fourth-order valence-electron chi connectivity index (χ4n) is 2.16. The van der Waals surface area contributed by atoms with Gasteiger partial charge in [0, 0.05) is 24.7 Å². The molecule has 1 aromatic heterocycles. The molecular formula is C13H18N2O. The Bertz CT molecular complexity index is 331. The van der Waals surface area contributed by atoms with Crippen molar-refractivity contribution in [2.75, 3.05) is 13.1 Å². The number of rotatable bonds is 4. The minimum Gasteiger partial charge on any atom is -0.317 e. The Labute approximate surface area is 96.3 Å². The predicted octanol–water partition coefficient (Wildman–Crippen LogP) is 1.58. The van der Waals surface area contributed by atoms with Crippen LogP contribution in [0, 0.1) is 5.92 Å². The highest BCUT2D eigenvalue weighted by atomic mass is 16.1. The van der Waals surface area contributed by atoms with E-state index in [1.165, 1.54) is 0 Å². The van der Waals surface area contributed by atoms with Crippen molar-refractivity contribution < 1.29 is 4.79 Å². The van der Waals surface area contributed by atoms with Gasteiger partial charge in [-0.3, -0.25) is 9.78 Å². The third-order valence-electron chi connectivity index (χ3n) is 3.18. The first-order valence-corrected chi connectivity index (χ1v) is 5.98. The van der Waals surface area contributed by atoms with Crippen molar-refractivity contribution >= 4 is 5.78 Å². The van der Waals surface area contributed by atoms with Crippen molar-refractivity contribution in [2.45, 2.75) is 25.7 Å². The molecule has 0 radical (unpaired) electrons. The Hall–Kier alpha value is -1.22. The van der Waals surface area contributed by atoms with E-state index in [0.717, 1.165) is 37.9 Å².